The summed E-state index contributed by atoms with van der Waals surface area (Å²) in [7, 11) is 1.47. The van der Waals surface area contributed by atoms with Crippen LogP contribution >= 0.6 is 11.6 Å². The number of Topliss-reactive ketones (excluding diaryl/α,β-unsaturated/α-hetero) is 1. The van der Waals surface area contributed by atoms with Crippen molar-refractivity contribution in [3.05, 3.63) is 124 Å². The molecule has 0 unspecified atom stereocenters. The van der Waals surface area contributed by atoms with Crippen LogP contribution in [0, 0.1) is 0 Å². The predicted molar refractivity (Wildman–Crippen MR) is 147 cm³/mol. The van der Waals surface area contributed by atoms with Gasteiger partial charge < -0.3 is 14.2 Å². The second kappa shape index (κ2) is 11.2. The van der Waals surface area contributed by atoms with E-state index in [-0.39, 0.29) is 34.8 Å². The van der Waals surface area contributed by atoms with E-state index < -0.39 is 5.97 Å². The van der Waals surface area contributed by atoms with E-state index in [1.807, 2.05) is 60.7 Å². The molecule has 0 saturated carbocycles. The Kier molecular flexibility index (Phi) is 7.33. The van der Waals surface area contributed by atoms with Crippen molar-refractivity contribution in [1.29, 1.82) is 0 Å². The van der Waals surface area contributed by atoms with Crippen LogP contribution in [0.4, 0.5) is 0 Å². The van der Waals surface area contributed by atoms with Crippen LogP contribution in [0.5, 0.6) is 11.5 Å². The van der Waals surface area contributed by atoms with Crippen molar-refractivity contribution in [2.45, 2.75) is 0 Å². The van der Waals surface area contributed by atoms with Gasteiger partial charge in [0.05, 0.1) is 12.1 Å². The summed E-state index contributed by atoms with van der Waals surface area (Å²) in [6.07, 6.45) is 1.56. The molecule has 188 valence electrons. The predicted octanol–water partition coefficient (Wildman–Crippen LogP) is 6.62. The first-order valence-corrected chi connectivity index (χ1v) is 12.2. The zero-order valence-corrected chi connectivity index (χ0v) is 21.1. The van der Waals surface area contributed by atoms with Gasteiger partial charge in [-0.3, -0.25) is 4.79 Å². The summed E-state index contributed by atoms with van der Waals surface area (Å²) in [5.41, 5.74) is 4.04. The lowest BCUT2D eigenvalue weighted by atomic mass is 10.0. The highest BCUT2D eigenvalue weighted by Gasteiger charge is 2.25. The van der Waals surface area contributed by atoms with Crippen LogP contribution in [-0.2, 0) is 9.53 Å². The quantitative estimate of drug-likeness (QED) is 0.147. The summed E-state index contributed by atoms with van der Waals surface area (Å²) >= 11 is 6.46. The molecule has 0 N–H and O–H groups in total. The van der Waals surface area contributed by atoms with Crippen LogP contribution in [0.2, 0.25) is 5.02 Å². The number of nitrogens with zero attached hydrogens (tertiary/aromatic N) is 1. The fourth-order valence-corrected chi connectivity index (χ4v) is 4.21. The van der Waals surface area contributed by atoms with Gasteiger partial charge in [-0.1, -0.05) is 84.4 Å². The van der Waals surface area contributed by atoms with E-state index in [0.717, 1.165) is 11.1 Å². The molecule has 1 aliphatic heterocycles. The van der Waals surface area contributed by atoms with Gasteiger partial charge in [-0.2, -0.15) is 0 Å². The number of carbonyl (C=O) groups excluding carboxylic acids is 2. The molecule has 7 heteroatoms. The molecule has 0 atom stereocenters. The zero-order chi connectivity index (χ0) is 26.5. The van der Waals surface area contributed by atoms with Gasteiger partial charge in [-0.15, -0.1) is 0 Å². The number of halogens is 1. The lowest BCUT2D eigenvalue weighted by Gasteiger charge is -2.13. The monoisotopic (exact) mass is 523 g/mol. The van der Waals surface area contributed by atoms with E-state index in [1.165, 1.54) is 7.11 Å². The maximum absolute atomic E-state index is 12.5. The number of cyclic esters (lactones) is 1. The second-order valence-electron chi connectivity index (χ2n) is 8.39. The van der Waals surface area contributed by atoms with Crippen LogP contribution in [0.25, 0.3) is 17.2 Å². The van der Waals surface area contributed by atoms with Crippen molar-refractivity contribution in [2.24, 2.45) is 4.99 Å². The molecule has 1 aliphatic rings. The van der Waals surface area contributed by atoms with Crippen LogP contribution in [0.15, 0.2) is 108 Å². The topological polar surface area (TPSA) is 74.2 Å². The Hall–Kier alpha value is -4.68. The Balaban J connectivity index is 1.34. The largest absolute Gasteiger partial charge is 0.493 e. The van der Waals surface area contributed by atoms with Gasteiger partial charge in [0.25, 0.3) is 0 Å². The average Bonchev–Trinajstić information content (AvgIpc) is 3.32. The maximum Gasteiger partial charge on any atom is 0.363 e. The number of rotatable bonds is 8. The van der Waals surface area contributed by atoms with E-state index >= 15 is 0 Å². The van der Waals surface area contributed by atoms with Gasteiger partial charge in [-0.05, 0) is 47.0 Å². The van der Waals surface area contributed by atoms with E-state index in [9.17, 15) is 9.59 Å². The number of benzene rings is 4. The third-order valence-electron chi connectivity index (χ3n) is 5.86. The fraction of sp³-hybridized carbons (Fsp3) is 0.0645. The van der Waals surface area contributed by atoms with Crippen LogP contribution < -0.4 is 9.47 Å². The van der Waals surface area contributed by atoms with Gasteiger partial charge in [0.2, 0.25) is 5.90 Å². The van der Waals surface area contributed by atoms with Crippen LogP contribution in [0.1, 0.15) is 21.5 Å². The lowest BCUT2D eigenvalue weighted by molar-refractivity contribution is -0.129. The number of aliphatic imine (C=N–C) groups is 1. The van der Waals surface area contributed by atoms with Crippen molar-refractivity contribution < 1.29 is 23.8 Å². The minimum atomic E-state index is -0.573. The third-order valence-corrected chi connectivity index (χ3v) is 6.14. The summed E-state index contributed by atoms with van der Waals surface area (Å²) in [6, 6.07) is 29.7. The molecule has 4 aromatic rings. The van der Waals surface area contributed by atoms with Crippen molar-refractivity contribution in [2.75, 3.05) is 13.7 Å². The molecule has 0 bridgehead atoms. The Bertz CT molecular complexity index is 1540. The number of hydrogen-bond donors (Lipinski definition) is 0. The average molecular weight is 524 g/mol. The highest BCUT2D eigenvalue weighted by atomic mass is 35.5. The third kappa shape index (κ3) is 5.51. The molecule has 0 radical (unpaired) electrons. The van der Waals surface area contributed by atoms with E-state index in [0.29, 0.717) is 22.4 Å². The standard InChI is InChI=1S/C31H22ClNO5/c1-36-28-18-20(16-25(32)29(28)37-19-27(34)23-10-6-3-7-11-23)17-26-31(35)38-30(33-26)24-14-12-22(13-15-24)21-8-4-2-5-9-21/h2-18H,19H2,1H3/b26-17-. The first kappa shape index (κ1) is 25.0. The molecule has 5 rings (SSSR count). The summed E-state index contributed by atoms with van der Waals surface area (Å²) in [5, 5.41) is 0.226. The number of ether oxygens (including phenoxy) is 3. The number of ketones is 1. The molecule has 0 aromatic heterocycles. The van der Waals surface area contributed by atoms with Gasteiger partial charge in [-0.25, -0.2) is 9.79 Å². The zero-order valence-electron chi connectivity index (χ0n) is 20.4. The van der Waals surface area contributed by atoms with Crippen molar-refractivity contribution >= 4 is 35.3 Å². The minimum absolute atomic E-state index is 0.123. The lowest BCUT2D eigenvalue weighted by Crippen LogP contribution is -2.12. The minimum Gasteiger partial charge on any atom is -0.493 e. The Morgan fingerprint density at radius 3 is 2.21 bits per heavy atom. The van der Waals surface area contributed by atoms with Gasteiger partial charge in [0.1, 0.15) is 0 Å². The van der Waals surface area contributed by atoms with Crippen molar-refractivity contribution in [3.8, 4) is 22.6 Å². The Morgan fingerprint density at radius 2 is 1.53 bits per heavy atom. The Labute approximate surface area is 224 Å². The van der Waals surface area contributed by atoms with E-state index in [2.05, 4.69) is 4.99 Å². The summed E-state index contributed by atoms with van der Waals surface area (Å²) in [6.45, 7) is -0.205. The highest BCUT2D eigenvalue weighted by Crippen LogP contribution is 2.37. The molecular weight excluding hydrogens is 502 g/mol. The molecule has 38 heavy (non-hydrogen) atoms. The maximum atomic E-state index is 12.5. The smallest absolute Gasteiger partial charge is 0.363 e. The summed E-state index contributed by atoms with van der Waals surface area (Å²) in [5.74, 6) is 0.00571. The number of methoxy groups -OCH3 is 1. The molecule has 0 fully saturated rings. The number of hydrogen-bond acceptors (Lipinski definition) is 6. The SMILES string of the molecule is COc1cc(/C=C2\N=C(c3ccc(-c4ccccc4)cc3)OC2=O)cc(Cl)c1OCC(=O)c1ccccc1. The molecular formula is C31H22ClNO5. The summed E-state index contributed by atoms with van der Waals surface area (Å²) in [4.78, 5) is 29.3. The van der Waals surface area contributed by atoms with Crippen molar-refractivity contribution in [3.63, 3.8) is 0 Å². The Morgan fingerprint density at radius 1 is 0.895 bits per heavy atom. The molecule has 4 aromatic carbocycles. The van der Waals surface area contributed by atoms with Gasteiger partial charge in [0.15, 0.2) is 29.6 Å². The molecule has 0 amide bonds. The molecule has 0 spiro atoms. The number of esters is 1. The first-order valence-electron chi connectivity index (χ1n) is 11.8. The fourth-order valence-electron chi connectivity index (χ4n) is 3.93. The number of carbonyl (C=O) groups is 2. The van der Waals surface area contributed by atoms with Crippen LogP contribution in [-0.4, -0.2) is 31.4 Å². The molecule has 0 saturated heterocycles. The van der Waals surface area contributed by atoms with Gasteiger partial charge in [0, 0.05) is 11.1 Å². The first-order chi connectivity index (χ1) is 18.5. The second-order valence-corrected chi connectivity index (χ2v) is 8.80. The van der Waals surface area contributed by atoms with E-state index in [1.54, 1.807) is 42.5 Å². The summed E-state index contributed by atoms with van der Waals surface area (Å²) < 4.78 is 16.5. The van der Waals surface area contributed by atoms with E-state index in [4.69, 9.17) is 25.8 Å². The van der Waals surface area contributed by atoms with Crippen LogP contribution in [0.3, 0.4) is 0 Å². The molecule has 1 heterocycles. The molecule has 6 nitrogen and oxygen atoms in total. The molecule has 0 aliphatic carbocycles. The van der Waals surface area contributed by atoms with Crippen molar-refractivity contribution in [1.82, 2.24) is 0 Å². The highest BCUT2D eigenvalue weighted by molar-refractivity contribution is 6.32. The normalized spacial score (nSPS) is 13.7. The van der Waals surface area contributed by atoms with Gasteiger partial charge >= 0.3 is 5.97 Å².